The average Bonchev–Trinajstić information content (AvgIpc) is 3.07. The molecule has 7 heteroatoms. The van der Waals surface area contributed by atoms with Crippen molar-refractivity contribution in [3.8, 4) is 6.07 Å². The smallest absolute Gasteiger partial charge is 0.238 e. The number of piperazine rings is 1. The highest BCUT2D eigenvalue weighted by Crippen LogP contribution is 2.27. The fourth-order valence-electron chi connectivity index (χ4n) is 3.96. The highest BCUT2D eigenvalue weighted by molar-refractivity contribution is 5.82. The van der Waals surface area contributed by atoms with Crippen LogP contribution in [0.4, 0.5) is 0 Å². The highest BCUT2D eigenvalue weighted by Gasteiger charge is 2.36. The number of aryl methyl sites for hydroxylation is 1. The van der Waals surface area contributed by atoms with Gasteiger partial charge in [0.05, 0.1) is 17.8 Å². The van der Waals surface area contributed by atoms with Crippen LogP contribution < -0.4 is 5.32 Å². The molecule has 0 bridgehead atoms. The molecule has 7 nitrogen and oxygen atoms in total. The van der Waals surface area contributed by atoms with E-state index in [0.29, 0.717) is 0 Å². The predicted octanol–water partition coefficient (Wildman–Crippen LogP) is 1.83. The highest BCUT2D eigenvalue weighted by atomic mass is 16.5. The lowest BCUT2D eigenvalue weighted by Crippen LogP contribution is -2.58. The Morgan fingerprint density at radius 2 is 2.04 bits per heavy atom. The van der Waals surface area contributed by atoms with Gasteiger partial charge in [-0.2, -0.15) is 5.26 Å². The first-order valence-electron chi connectivity index (χ1n) is 9.63. The molecule has 1 aliphatic carbocycles. The van der Waals surface area contributed by atoms with Crippen molar-refractivity contribution in [2.45, 2.75) is 64.1 Å². The summed E-state index contributed by atoms with van der Waals surface area (Å²) in [5.74, 6) is 0.812. The van der Waals surface area contributed by atoms with Crippen LogP contribution in [0.15, 0.2) is 10.6 Å². The topological polar surface area (TPSA) is 85.4 Å². The summed E-state index contributed by atoms with van der Waals surface area (Å²) in [7, 11) is 0. The third-order valence-corrected chi connectivity index (χ3v) is 5.68. The quantitative estimate of drug-likeness (QED) is 0.863. The lowest BCUT2D eigenvalue weighted by Gasteiger charge is -2.39. The van der Waals surface area contributed by atoms with Crippen LogP contribution >= 0.6 is 0 Å². The molecular weight excluding hydrogens is 330 g/mol. The van der Waals surface area contributed by atoms with Gasteiger partial charge in [0.2, 0.25) is 5.91 Å². The maximum Gasteiger partial charge on any atom is 0.238 e. The van der Waals surface area contributed by atoms with E-state index < -0.39 is 5.54 Å². The standard InChI is InChI=1S/C19H29N5O2/c1-15-12-17(22-26-15)13-23-8-10-24(11-9-23)16(2)18(25)21-19(14-20)6-4-3-5-7-19/h12,16H,3-11,13H2,1-2H3,(H,21,25). The van der Waals surface area contributed by atoms with Gasteiger partial charge in [0.1, 0.15) is 11.3 Å². The summed E-state index contributed by atoms with van der Waals surface area (Å²) in [5.41, 5.74) is 0.297. The molecule has 1 unspecified atom stereocenters. The summed E-state index contributed by atoms with van der Waals surface area (Å²) in [6.07, 6.45) is 4.73. The maximum atomic E-state index is 12.7. The normalized spacial score (nSPS) is 22.5. The molecule has 0 radical (unpaired) electrons. The Hall–Kier alpha value is -1.91. The van der Waals surface area contributed by atoms with Crippen LogP contribution in [0.25, 0.3) is 0 Å². The minimum atomic E-state index is -0.657. The molecule has 1 amide bonds. The number of hydrogen-bond donors (Lipinski definition) is 1. The van der Waals surface area contributed by atoms with E-state index in [0.717, 1.165) is 76.3 Å². The van der Waals surface area contributed by atoms with E-state index in [2.05, 4.69) is 26.3 Å². The SMILES string of the molecule is Cc1cc(CN2CCN(C(C)C(=O)NC3(C#N)CCCCC3)CC2)no1. The average molecular weight is 359 g/mol. The van der Waals surface area contributed by atoms with E-state index in [1.54, 1.807) is 0 Å². The van der Waals surface area contributed by atoms with Crippen LogP contribution in [-0.4, -0.2) is 58.6 Å². The molecule has 1 aromatic rings. The van der Waals surface area contributed by atoms with Gasteiger partial charge in [0.25, 0.3) is 0 Å². The number of carbonyl (C=O) groups excluding carboxylic acids is 1. The predicted molar refractivity (Wildman–Crippen MR) is 97.1 cm³/mol. The molecule has 1 aliphatic heterocycles. The fraction of sp³-hybridized carbons (Fsp3) is 0.737. The van der Waals surface area contributed by atoms with Crippen LogP contribution in [-0.2, 0) is 11.3 Å². The van der Waals surface area contributed by atoms with E-state index in [9.17, 15) is 10.1 Å². The number of hydrogen-bond acceptors (Lipinski definition) is 6. The van der Waals surface area contributed by atoms with Gasteiger partial charge in [-0.05, 0) is 26.7 Å². The summed E-state index contributed by atoms with van der Waals surface area (Å²) in [6.45, 7) is 8.09. The van der Waals surface area contributed by atoms with E-state index >= 15 is 0 Å². The van der Waals surface area contributed by atoms with E-state index in [-0.39, 0.29) is 11.9 Å². The first kappa shape index (κ1) is 18.9. The zero-order valence-electron chi connectivity index (χ0n) is 15.8. The first-order chi connectivity index (χ1) is 12.5. The van der Waals surface area contributed by atoms with Crippen LogP contribution in [0, 0.1) is 18.3 Å². The van der Waals surface area contributed by atoms with Crippen LogP contribution in [0.2, 0.25) is 0 Å². The Morgan fingerprint density at radius 3 is 2.62 bits per heavy atom. The summed E-state index contributed by atoms with van der Waals surface area (Å²) in [6, 6.07) is 4.12. The molecule has 1 atom stereocenters. The Balaban J connectivity index is 1.49. The number of aromatic nitrogens is 1. The second-order valence-electron chi connectivity index (χ2n) is 7.66. The molecule has 142 valence electrons. The van der Waals surface area contributed by atoms with Gasteiger partial charge in [-0.3, -0.25) is 14.6 Å². The molecule has 1 aromatic heterocycles. The Morgan fingerprint density at radius 1 is 1.35 bits per heavy atom. The molecule has 0 spiro atoms. The van der Waals surface area contributed by atoms with E-state index in [1.807, 2.05) is 19.9 Å². The number of carbonyl (C=O) groups is 1. The van der Waals surface area contributed by atoms with Crippen molar-refractivity contribution in [1.29, 1.82) is 5.26 Å². The minimum absolute atomic E-state index is 0.0194. The first-order valence-corrected chi connectivity index (χ1v) is 9.63. The summed E-state index contributed by atoms with van der Waals surface area (Å²) in [5, 5.41) is 16.7. The lowest BCUT2D eigenvalue weighted by atomic mass is 9.82. The van der Waals surface area contributed by atoms with Gasteiger partial charge in [-0.1, -0.05) is 24.4 Å². The molecule has 0 aromatic carbocycles. The third kappa shape index (κ3) is 4.43. The molecule has 2 fully saturated rings. The molecular formula is C19H29N5O2. The van der Waals surface area contributed by atoms with Crippen molar-refractivity contribution >= 4 is 5.91 Å². The molecule has 2 aliphatic rings. The van der Waals surface area contributed by atoms with Crippen molar-refractivity contribution in [3.05, 3.63) is 17.5 Å². The van der Waals surface area contributed by atoms with E-state index in [1.165, 1.54) is 0 Å². The molecule has 1 saturated carbocycles. The van der Waals surface area contributed by atoms with Crippen molar-refractivity contribution in [1.82, 2.24) is 20.3 Å². The monoisotopic (exact) mass is 359 g/mol. The molecule has 2 heterocycles. The summed E-state index contributed by atoms with van der Waals surface area (Å²) in [4.78, 5) is 17.2. The second kappa shape index (κ2) is 8.19. The largest absolute Gasteiger partial charge is 0.361 e. The Labute approximate surface area is 155 Å². The minimum Gasteiger partial charge on any atom is -0.361 e. The zero-order chi connectivity index (χ0) is 18.6. The molecule has 26 heavy (non-hydrogen) atoms. The van der Waals surface area contributed by atoms with Crippen molar-refractivity contribution in [2.24, 2.45) is 0 Å². The van der Waals surface area contributed by atoms with Gasteiger partial charge in [-0.25, -0.2) is 0 Å². The number of amides is 1. The second-order valence-corrected chi connectivity index (χ2v) is 7.66. The van der Waals surface area contributed by atoms with Crippen molar-refractivity contribution in [2.75, 3.05) is 26.2 Å². The van der Waals surface area contributed by atoms with Crippen LogP contribution in [0.5, 0.6) is 0 Å². The number of nitrogens with one attached hydrogen (secondary N) is 1. The summed E-state index contributed by atoms with van der Waals surface area (Å²) >= 11 is 0. The van der Waals surface area contributed by atoms with Gasteiger partial charge in [0, 0.05) is 38.8 Å². The van der Waals surface area contributed by atoms with E-state index in [4.69, 9.17) is 4.52 Å². The molecule has 3 rings (SSSR count). The summed E-state index contributed by atoms with van der Waals surface area (Å²) < 4.78 is 5.12. The van der Waals surface area contributed by atoms with Crippen LogP contribution in [0.1, 0.15) is 50.5 Å². The Bertz CT molecular complexity index is 651. The van der Waals surface area contributed by atoms with Crippen LogP contribution in [0.3, 0.4) is 0 Å². The zero-order valence-corrected chi connectivity index (χ0v) is 15.8. The number of nitrogens with zero attached hydrogens (tertiary/aromatic N) is 4. The fourth-order valence-corrected chi connectivity index (χ4v) is 3.96. The maximum absolute atomic E-state index is 12.7. The Kier molecular flexibility index (Phi) is 5.94. The number of rotatable bonds is 5. The molecule has 1 saturated heterocycles. The molecule has 1 N–H and O–H groups in total. The third-order valence-electron chi connectivity index (χ3n) is 5.68. The van der Waals surface area contributed by atoms with Crippen molar-refractivity contribution in [3.63, 3.8) is 0 Å². The van der Waals surface area contributed by atoms with Crippen molar-refractivity contribution < 1.29 is 9.32 Å². The van der Waals surface area contributed by atoms with Gasteiger partial charge < -0.3 is 9.84 Å². The lowest BCUT2D eigenvalue weighted by molar-refractivity contribution is -0.128. The van der Waals surface area contributed by atoms with Gasteiger partial charge in [0.15, 0.2) is 0 Å². The van der Waals surface area contributed by atoms with Gasteiger partial charge >= 0.3 is 0 Å². The van der Waals surface area contributed by atoms with Gasteiger partial charge in [-0.15, -0.1) is 0 Å². The number of nitriles is 1.